The van der Waals surface area contributed by atoms with E-state index >= 15 is 0 Å². The van der Waals surface area contributed by atoms with Crippen LogP contribution in [0.5, 0.6) is 0 Å². The third-order valence-corrected chi connectivity index (χ3v) is 3.24. The first-order valence-corrected chi connectivity index (χ1v) is 5.89. The molecule has 1 aliphatic rings. The second-order valence-electron chi connectivity index (χ2n) is 4.54. The molecule has 0 aromatic heterocycles. The van der Waals surface area contributed by atoms with Gasteiger partial charge in [-0.3, -0.25) is 4.90 Å². The summed E-state index contributed by atoms with van der Waals surface area (Å²) >= 11 is 0. The van der Waals surface area contributed by atoms with Crippen molar-refractivity contribution < 1.29 is 9.90 Å². The molecule has 0 bridgehead atoms. The summed E-state index contributed by atoms with van der Waals surface area (Å²) in [5.74, 6) is -0.838. The van der Waals surface area contributed by atoms with Gasteiger partial charge in [0.25, 0.3) is 0 Å². The molecule has 1 aromatic rings. The molecule has 18 heavy (non-hydrogen) atoms. The summed E-state index contributed by atoms with van der Waals surface area (Å²) in [6.07, 6.45) is 0. The minimum absolute atomic E-state index is 0. The number of carboxylic acids is 1. The van der Waals surface area contributed by atoms with Gasteiger partial charge < -0.3 is 10.0 Å². The molecule has 0 saturated carbocycles. The molecule has 0 atom stereocenters. The van der Waals surface area contributed by atoms with Crippen LogP contribution in [0.25, 0.3) is 0 Å². The van der Waals surface area contributed by atoms with Crippen LogP contribution in [0.1, 0.15) is 15.9 Å². The molecule has 1 saturated heterocycles. The Morgan fingerprint density at radius 2 is 1.83 bits per heavy atom. The summed E-state index contributed by atoms with van der Waals surface area (Å²) in [7, 11) is 2.11. The van der Waals surface area contributed by atoms with Crippen LogP contribution in [0, 0.1) is 0 Å². The van der Waals surface area contributed by atoms with Crippen molar-refractivity contribution in [2.45, 2.75) is 6.54 Å². The molecule has 0 radical (unpaired) electrons. The Labute approximate surface area is 120 Å². The van der Waals surface area contributed by atoms with Gasteiger partial charge in [0.05, 0.1) is 5.56 Å². The van der Waals surface area contributed by atoms with Crippen LogP contribution in [0.2, 0.25) is 0 Å². The van der Waals surface area contributed by atoms with Gasteiger partial charge in [-0.15, -0.1) is 0 Å². The predicted molar refractivity (Wildman–Crippen MR) is 73.3 cm³/mol. The number of hydrogen-bond donors (Lipinski definition) is 1. The second kappa shape index (κ2) is 6.96. The molecule has 5 heteroatoms. The standard InChI is InChI=1S/C13H18N2O2.Li.H/c1-14-6-8-15(9-7-14)10-11-4-2-3-5-12(11)13(16)17;;/h2-5H,6-10H2,1H3,(H,16,17);;. The normalized spacial score (nSPS) is 17.2. The topological polar surface area (TPSA) is 43.8 Å². The number of nitrogens with zero attached hydrogens (tertiary/aromatic N) is 2. The van der Waals surface area contributed by atoms with Gasteiger partial charge in [0, 0.05) is 32.7 Å². The molecule has 1 aromatic carbocycles. The Hall–Kier alpha value is -0.793. The molecule has 0 aliphatic carbocycles. The van der Waals surface area contributed by atoms with Crippen LogP contribution in [0.15, 0.2) is 24.3 Å². The van der Waals surface area contributed by atoms with Crippen molar-refractivity contribution in [3.63, 3.8) is 0 Å². The molecule has 2 rings (SSSR count). The van der Waals surface area contributed by atoms with Crippen LogP contribution in [-0.2, 0) is 6.54 Å². The molecule has 0 spiro atoms. The van der Waals surface area contributed by atoms with E-state index in [-0.39, 0.29) is 18.9 Å². The number of likely N-dealkylation sites (N-methyl/N-ethyl adjacent to an activating group) is 1. The van der Waals surface area contributed by atoms with Crippen LogP contribution >= 0.6 is 0 Å². The van der Waals surface area contributed by atoms with Gasteiger partial charge in [0.2, 0.25) is 0 Å². The van der Waals surface area contributed by atoms with E-state index in [1.807, 2.05) is 12.1 Å². The van der Waals surface area contributed by atoms with Crippen molar-refractivity contribution in [2.24, 2.45) is 0 Å². The second-order valence-corrected chi connectivity index (χ2v) is 4.54. The monoisotopic (exact) mass is 242 g/mol. The fourth-order valence-corrected chi connectivity index (χ4v) is 2.11. The Morgan fingerprint density at radius 3 is 2.44 bits per heavy atom. The van der Waals surface area contributed by atoms with Crippen molar-refractivity contribution in [1.82, 2.24) is 9.80 Å². The average molecular weight is 242 g/mol. The first-order chi connectivity index (χ1) is 8.16. The van der Waals surface area contributed by atoms with Crippen LogP contribution in [-0.4, -0.2) is 73.0 Å². The number of hydrogen-bond acceptors (Lipinski definition) is 3. The molecule has 1 heterocycles. The molecule has 94 valence electrons. The average Bonchev–Trinajstić information content (AvgIpc) is 2.32. The van der Waals surface area contributed by atoms with E-state index in [1.54, 1.807) is 12.1 Å². The van der Waals surface area contributed by atoms with Gasteiger partial charge in [0.15, 0.2) is 0 Å². The number of carboxylic acid groups (broad SMARTS) is 1. The van der Waals surface area contributed by atoms with Crippen molar-refractivity contribution in [3.8, 4) is 0 Å². The van der Waals surface area contributed by atoms with E-state index in [0.717, 1.165) is 38.3 Å². The first kappa shape index (κ1) is 15.3. The minimum atomic E-state index is -0.838. The summed E-state index contributed by atoms with van der Waals surface area (Å²) in [5.41, 5.74) is 1.33. The third-order valence-electron chi connectivity index (χ3n) is 3.24. The van der Waals surface area contributed by atoms with Gasteiger partial charge in [-0.2, -0.15) is 0 Å². The molecule has 1 aliphatic heterocycles. The maximum atomic E-state index is 11.1. The summed E-state index contributed by atoms with van der Waals surface area (Å²) in [4.78, 5) is 15.7. The van der Waals surface area contributed by atoms with E-state index in [9.17, 15) is 4.79 Å². The maximum absolute atomic E-state index is 11.1. The van der Waals surface area contributed by atoms with E-state index in [2.05, 4.69) is 16.8 Å². The fraction of sp³-hybridized carbons (Fsp3) is 0.462. The Bertz CT molecular complexity index is 404. The van der Waals surface area contributed by atoms with E-state index in [1.165, 1.54) is 0 Å². The van der Waals surface area contributed by atoms with E-state index in [0.29, 0.717) is 5.56 Å². The van der Waals surface area contributed by atoms with Gasteiger partial charge in [-0.25, -0.2) is 4.79 Å². The van der Waals surface area contributed by atoms with E-state index < -0.39 is 5.97 Å². The zero-order chi connectivity index (χ0) is 12.3. The predicted octanol–water partition coefficient (Wildman–Crippen LogP) is 0.484. The van der Waals surface area contributed by atoms with Crippen molar-refractivity contribution >= 4 is 24.8 Å². The van der Waals surface area contributed by atoms with Crippen molar-refractivity contribution in [2.75, 3.05) is 33.2 Å². The van der Waals surface area contributed by atoms with Crippen molar-refractivity contribution in [3.05, 3.63) is 35.4 Å². The Balaban J connectivity index is 0.00000162. The number of benzene rings is 1. The summed E-state index contributed by atoms with van der Waals surface area (Å²) in [6.45, 7) is 4.84. The number of carbonyl (C=O) groups is 1. The van der Waals surface area contributed by atoms with Crippen LogP contribution in [0.3, 0.4) is 0 Å². The van der Waals surface area contributed by atoms with Gasteiger partial charge in [-0.1, -0.05) is 18.2 Å². The number of piperazine rings is 1. The molecule has 0 unspecified atom stereocenters. The van der Waals surface area contributed by atoms with Crippen LogP contribution < -0.4 is 0 Å². The summed E-state index contributed by atoms with van der Waals surface area (Å²) in [6, 6.07) is 7.25. The number of aromatic carboxylic acids is 1. The Morgan fingerprint density at radius 1 is 1.22 bits per heavy atom. The van der Waals surface area contributed by atoms with Crippen LogP contribution in [0.4, 0.5) is 0 Å². The SMILES string of the molecule is CN1CCN(Cc2ccccc2C(=O)O)CC1.[LiH]. The summed E-state index contributed by atoms with van der Waals surface area (Å²) < 4.78 is 0. The molecule has 1 fully saturated rings. The van der Waals surface area contributed by atoms with Gasteiger partial charge >= 0.3 is 24.8 Å². The fourth-order valence-electron chi connectivity index (χ4n) is 2.11. The number of rotatable bonds is 3. The van der Waals surface area contributed by atoms with E-state index in [4.69, 9.17) is 5.11 Å². The quantitative estimate of drug-likeness (QED) is 0.783. The molecule has 0 amide bonds. The first-order valence-electron chi connectivity index (χ1n) is 5.89. The van der Waals surface area contributed by atoms with Gasteiger partial charge in [0.1, 0.15) is 0 Å². The van der Waals surface area contributed by atoms with Gasteiger partial charge in [-0.05, 0) is 18.7 Å². The third kappa shape index (κ3) is 3.86. The molecular formula is C13H19LiN2O2. The zero-order valence-electron chi connectivity index (χ0n) is 10.1. The molecule has 1 N–H and O–H groups in total. The zero-order valence-corrected chi connectivity index (χ0v) is 10.1. The van der Waals surface area contributed by atoms with Crippen molar-refractivity contribution in [1.29, 1.82) is 0 Å². The Kier molecular flexibility index (Phi) is 5.90. The molecule has 4 nitrogen and oxygen atoms in total. The molecular weight excluding hydrogens is 223 g/mol. The summed E-state index contributed by atoms with van der Waals surface area (Å²) in [5, 5.41) is 9.11.